The number of halogens is 1. The Bertz CT molecular complexity index is 514. The topological polar surface area (TPSA) is 58.6 Å². The average molecular weight is 356 g/mol. The number of phenols is 1. The van der Waals surface area contributed by atoms with Gasteiger partial charge >= 0.3 is 0 Å². The zero-order valence-electron chi connectivity index (χ0n) is 12.5. The first-order valence-corrected chi connectivity index (χ1v) is 8.22. The molecular formula is C16H22BrNO3. The number of phenolic OH excluding ortho intramolecular Hbond substituents is 1. The molecule has 1 amide bonds. The largest absolute Gasteiger partial charge is 0.507 e. The van der Waals surface area contributed by atoms with Crippen LogP contribution >= 0.6 is 15.9 Å². The van der Waals surface area contributed by atoms with Gasteiger partial charge in [0.2, 0.25) is 0 Å². The number of aromatic hydroxyl groups is 1. The van der Waals surface area contributed by atoms with Crippen molar-refractivity contribution in [2.24, 2.45) is 0 Å². The molecule has 1 aromatic carbocycles. The molecule has 0 radical (unpaired) electrons. The van der Waals surface area contributed by atoms with Gasteiger partial charge in [0, 0.05) is 17.1 Å². The van der Waals surface area contributed by atoms with Crippen molar-refractivity contribution in [1.82, 2.24) is 5.32 Å². The van der Waals surface area contributed by atoms with Crippen molar-refractivity contribution in [3.63, 3.8) is 0 Å². The molecule has 1 saturated heterocycles. The molecule has 0 aliphatic carbocycles. The summed E-state index contributed by atoms with van der Waals surface area (Å²) in [5.74, 6) is -0.234. The van der Waals surface area contributed by atoms with E-state index in [2.05, 4.69) is 35.1 Å². The number of hydrogen-bond acceptors (Lipinski definition) is 3. The number of hydrogen-bond donors (Lipinski definition) is 2. The van der Waals surface area contributed by atoms with Crippen LogP contribution in [-0.2, 0) is 4.74 Å². The Morgan fingerprint density at radius 3 is 2.86 bits per heavy atom. The van der Waals surface area contributed by atoms with Gasteiger partial charge < -0.3 is 15.2 Å². The quantitative estimate of drug-likeness (QED) is 0.866. The monoisotopic (exact) mass is 355 g/mol. The number of benzene rings is 1. The second-order valence-corrected chi connectivity index (χ2v) is 6.48. The molecule has 0 bridgehead atoms. The molecule has 21 heavy (non-hydrogen) atoms. The maximum absolute atomic E-state index is 12.3. The molecule has 0 aromatic heterocycles. The van der Waals surface area contributed by atoms with E-state index in [-0.39, 0.29) is 23.3 Å². The average Bonchev–Trinajstić information content (AvgIpc) is 2.49. The second-order valence-electron chi connectivity index (χ2n) is 5.56. The fourth-order valence-corrected chi connectivity index (χ4v) is 3.21. The first kappa shape index (κ1) is 16.3. The summed E-state index contributed by atoms with van der Waals surface area (Å²) in [6, 6.07) is 4.95. The van der Waals surface area contributed by atoms with Crippen molar-refractivity contribution in [1.29, 1.82) is 0 Å². The molecule has 2 N–H and O–H groups in total. The highest BCUT2D eigenvalue weighted by atomic mass is 79.9. The minimum atomic E-state index is -0.234. The third-order valence-electron chi connectivity index (χ3n) is 4.32. The molecule has 1 aliphatic rings. The van der Waals surface area contributed by atoms with Gasteiger partial charge in [0.25, 0.3) is 5.91 Å². The molecule has 0 saturated carbocycles. The number of nitrogens with one attached hydrogen (secondary N) is 1. The normalized spacial score (nSPS) is 21.0. The molecule has 1 unspecified atom stereocenters. The Labute approximate surface area is 134 Å². The van der Waals surface area contributed by atoms with Crippen LogP contribution in [0, 0.1) is 0 Å². The minimum absolute atomic E-state index is 0.00000533. The maximum Gasteiger partial charge on any atom is 0.255 e. The lowest BCUT2D eigenvalue weighted by atomic mass is 9.86. The minimum Gasteiger partial charge on any atom is -0.507 e. The van der Waals surface area contributed by atoms with Gasteiger partial charge in [-0.15, -0.1) is 0 Å². The second kappa shape index (κ2) is 6.79. The molecule has 5 heteroatoms. The van der Waals surface area contributed by atoms with Crippen LogP contribution in [0.2, 0.25) is 0 Å². The van der Waals surface area contributed by atoms with E-state index in [1.54, 1.807) is 12.1 Å². The zero-order chi connectivity index (χ0) is 15.5. The smallest absolute Gasteiger partial charge is 0.255 e. The lowest BCUT2D eigenvalue weighted by Crippen LogP contribution is -2.48. The highest BCUT2D eigenvalue weighted by Crippen LogP contribution is 2.31. The van der Waals surface area contributed by atoms with Crippen LogP contribution in [0.15, 0.2) is 22.7 Å². The van der Waals surface area contributed by atoms with Crippen molar-refractivity contribution >= 4 is 21.8 Å². The lowest BCUT2D eigenvalue weighted by molar-refractivity contribution is -0.0917. The number of amides is 1. The van der Waals surface area contributed by atoms with E-state index in [0.717, 1.165) is 30.2 Å². The fourth-order valence-electron chi connectivity index (χ4n) is 2.85. The molecule has 1 aliphatic heterocycles. The summed E-state index contributed by atoms with van der Waals surface area (Å²) in [5, 5.41) is 12.9. The highest BCUT2D eigenvalue weighted by Gasteiger charge is 2.35. The molecule has 1 fully saturated rings. The predicted molar refractivity (Wildman–Crippen MR) is 85.6 cm³/mol. The molecule has 4 nitrogen and oxygen atoms in total. The van der Waals surface area contributed by atoms with E-state index in [4.69, 9.17) is 4.74 Å². The molecule has 1 heterocycles. The highest BCUT2D eigenvalue weighted by molar-refractivity contribution is 9.10. The van der Waals surface area contributed by atoms with Crippen LogP contribution in [0.4, 0.5) is 0 Å². The third-order valence-corrected chi connectivity index (χ3v) is 4.81. The zero-order valence-corrected chi connectivity index (χ0v) is 14.1. The number of rotatable bonds is 4. The Hall–Kier alpha value is -1.07. The first-order chi connectivity index (χ1) is 9.99. The van der Waals surface area contributed by atoms with Crippen LogP contribution < -0.4 is 5.32 Å². The lowest BCUT2D eigenvalue weighted by Gasteiger charge is -2.40. The van der Waals surface area contributed by atoms with Crippen LogP contribution in [-0.4, -0.2) is 29.3 Å². The Morgan fingerprint density at radius 2 is 2.19 bits per heavy atom. The van der Waals surface area contributed by atoms with Crippen molar-refractivity contribution in [3.05, 3.63) is 28.2 Å². The number of carbonyl (C=O) groups excluding carboxylic acids is 1. The fraction of sp³-hybridized carbons (Fsp3) is 0.562. The van der Waals surface area contributed by atoms with Crippen molar-refractivity contribution in [2.45, 2.75) is 51.2 Å². The van der Waals surface area contributed by atoms with Gasteiger partial charge in [-0.2, -0.15) is 0 Å². The molecule has 0 spiro atoms. The van der Waals surface area contributed by atoms with Crippen molar-refractivity contribution < 1.29 is 14.6 Å². The Balaban J connectivity index is 2.07. The van der Waals surface area contributed by atoms with Gasteiger partial charge in [0.05, 0.1) is 11.2 Å². The van der Waals surface area contributed by atoms with Gasteiger partial charge in [0.1, 0.15) is 5.75 Å². The Morgan fingerprint density at radius 1 is 1.48 bits per heavy atom. The van der Waals surface area contributed by atoms with E-state index in [1.165, 1.54) is 6.07 Å². The molecular weight excluding hydrogens is 334 g/mol. The van der Waals surface area contributed by atoms with E-state index < -0.39 is 0 Å². The van der Waals surface area contributed by atoms with E-state index in [1.807, 2.05) is 0 Å². The number of carbonyl (C=O) groups is 1. The molecule has 1 aromatic rings. The van der Waals surface area contributed by atoms with Gasteiger partial charge in [-0.05, 0) is 43.9 Å². The molecule has 1 atom stereocenters. The van der Waals surface area contributed by atoms with Crippen LogP contribution in [0.1, 0.15) is 49.9 Å². The molecule has 116 valence electrons. The van der Waals surface area contributed by atoms with Crippen LogP contribution in [0.3, 0.4) is 0 Å². The van der Waals surface area contributed by atoms with E-state index in [0.29, 0.717) is 12.2 Å². The number of ether oxygens (including phenoxy) is 1. The summed E-state index contributed by atoms with van der Waals surface area (Å²) in [7, 11) is 0. The van der Waals surface area contributed by atoms with E-state index >= 15 is 0 Å². The summed E-state index contributed by atoms with van der Waals surface area (Å²) in [6.07, 6.45) is 3.51. The van der Waals surface area contributed by atoms with Gasteiger partial charge in [-0.3, -0.25) is 4.79 Å². The summed E-state index contributed by atoms with van der Waals surface area (Å²) < 4.78 is 6.69. The third kappa shape index (κ3) is 3.77. The van der Waals surface area contributed by atoms with Crippen LogP contribution in [0.5, 0.6) is 5.75 Å². The van der Waals surface area contributed by atoms with Gasteiger partial charge in [0.15, 0.2) is 0 Å². The van der Waals surface area contributed by atoms with Crippen molar-refractivity contribution in [2.75, 3.05) is 6.61 Å². The van der Waals surface area contributed by atoms with Gasteiger partial charge in [-0.1, -0.05) is 29.8 Å². The summed E-state index contributed by atoms with van der Waals surface area (Å²) >= 11 is 3.32. The Kier molecular flexibility index (Phi) is 5.27. The van der Waals surface area contributed by atoms with Gasteiger partial charge in [-0.25, -0.2) is 0 Å². The first-order valence-electron chi connectivity index (χ1n) is 7.43. The van der Waals surface area contributed by atoms with Crippen LogP contribution in [0.25, 0.3) is 0 Å². The maximum atomic E-state index is 12.3. The predicted octanol–water partition coefficient (Wildman–Crippen LogP) is 3.62. The summed E-state index contributed by atoms with van der Waals surface area (Å²) in [5.41, 5.74) is 0.171. The van der Waals surface area contributed by atoms with E-state index in [9.17, 15) is 9.90 Å². The SMILES string of the molecule is CCC1(CC)CC(NC(=O)c2cc(Br)ccc2O)CCO1. The molecule has 2 rings (SSSR count). The standard InChI is InChI=1S/C16H22BrNO3/c1-3-16(4-2)10-12(7-8-21-16)18-15(20)13-9-11(17)5-6-14(13)19/h5-6,9,12,19H,3-4,7-8,10H2,1-2H3,(H,18,20). The summed E-state index contributed by atoms with van der Waals surface area (Å²) in [6.45, 7) is 4.90. The van der Waals surface area contributed by atoms with Crippen molar-refractivity contribution in [3.8, 4) is 5.75 Å². The summed E-state index contributed by atoms with van der Waals surface area (Å²) in [4.78, 5) is 12.3.